The molecule has 0 aliphatic rings. The number of rotatable bonds is 5. The Labute approximate surface area is 103 Å². The van der Waals surface area contributed by atoms with E-state index >= 15 is 0 Å². The second kappa shape index (κ2) is 6.12. The molecule has 3 heteroatoms. The molecule has 16 heavy (non-hydrogen) atoms. The standard InChI is InChI=1S/C13H20ClNO/c1-4-11(5-2)16-13-7-6-10(14)8-12(13)9(3)15/h6-9,11H,4-5,15H2,1-3H3/t9-/m0/s1. The van der Waals surface area contributed by atoms with Crippen LogP contribution < -0.4 is 10.5 Å². The maximum Gasteiger partial charge on any atom is 0.124 e. The maximum atomic E-state index is 5.95. The molecule has 2 nitrogen and oxygen atoms in total. The molecule has 0 bridgehead atoms. The lowest BCUT2D eigenvalue weighted by molar-refractivity contribution is 0.190. The van der Waals surface area contributed by atoms with Crippen molar-refractivity contribution in [3.05, 3.63) is 28.8 Å². The fourth-order valence-corrected chi connectivity index (χ4v) is 1.80. The molecule has 1 rings (SSSR count). The molecule has 1 aromatic carbocycles. The molecule has 0 heterocycles. The highest BCUT2D eigenvalue weighted by atomic mass is 35.5. The van der Waals surface area contributed by atoms with Crippen LogP contribution >= 0.6 is 11.6 Å². The first-order chi connectivity index (χ1) is 7.58. The van der Waals surface area contributed by atoms with Gasteiger partial charge >= 0.3 is 0 Å². The van der Waals surface area contributed by atoms with E-state index in [9.17, 15) is 0 Å². The van der Waals surface area contributed by atoms with Gasteiger partial charge in [0.1, 0.15) is 5.75 Å². The molecular weight excluding hydrogens is 222 g/mol. The molecule has 0 spiro atoms. The lowest BCUT2D eigenvalue weighted by Gasteiger charge is -2.20. The van der Waals surface area contributed by atoms with E-state index in [1.165, 1.54) is 0 Å². The molecule has 0 radical (unpaired) electrons. The lowest BCUT2D eigenvalue weighted by atomic mass is 10.1. The third-order valence-electron chi connectivity index (χ3n) is 2.67. The zero-order chi connectivity index (χ0) is 12.1. The van der Waals surface area contributed by atoms with Gasteiger partial charge in [0.25, 0.3) is 0 Å². The SMILES string of the molecule is CCC(CC)Oc1ccc(Cl)cc1[C@H](C)N. The molecule has 0 aromatic heterocycles. The van der Waals surface area contributed by atoms with Gasteiger partial charge < -0.3 is 10.5 Å². The highest BCUT2D eigenvalue weighted by Gasteiger charge is 2.12. The van der Waals surface area contributed by atoms with E-state index in [0.29, 0.717) is 5.02 Å². The van der Waals surface area contributed by atoms with Crippen LogP contribution in [0.1, 0.15) is 45.2 Å². The molecular formula is C13H20ClNO. The monoisotopic (exact) mass is 241 g/mol. The molecule has 2 N–H and O–H groups in total. The molecule has 0 saturated carbocycles. The van der Waals surface area contributed by atoms with Crippen LogP contribution in [-0.2, 0) is 0 Å². The topological polar surface area (TPSA) is 35.2 Å². The molecule has 1 atom stereocenters. The molecule has 0 saturated heterocycles. The predicted octanol–water partition coefficient (Wildman–Crippen LogP) is 3.93. The summed E-state index contributed by atoms with van der Waals surface area (Å²) in [5.74, 6) is 0.855. The molecule has 0 amide bonds. The zero-order valence-corrected chi connectivity index (χ0v) is 10.9. The van der Waals surface area contributed by atoms with Crippen molar-refractivity contribution in [2.24, 2.45) is 5.73 Å². The first kappa shape index (κ1) is 13.3. The Kier molecular flexibility index (Phi) is 5.10. The average Bonchev–Trinajstić information content (AvgIpc) is 2.27. The van der Waals surface area contributed by atoms with E-state index in [4.69, 9.17) is 22.1 Å². The van der Waals surface area contributed by atoms with E-state index < -0.39 is 0 Å². The van der Waals surface area contributed by atoms with Crippen molar-refractivity contribution < 1.29 is 4.74 Å². The Morgan fingerprint density at radius 2 is 1.94 bits per heavy atom. The number of ether oxygens (including phenoxy) is 1. The second-order valence-corrected chi connectivity index (χ2v) is 4.46. The molecule has 0 fully saturated rings. The van der Waals surface area contributed by atoms with Gasteiger partial charge in [0.2, 0.25) is 0 Å². The minimum absolute atomic E-state index is 0.0666. The summed E-state index contributed by atoms with van der Waals surface area (Å²) in [6.07, 6.45) is 2.24. The number of halogens is 1. The number of hydrogen-bond donors (Lipinski definition) is 1. The second-order valence-electron chi connectivity index (χ2n) is 4.03. The summed E-state index contributed by atoms with van der Waals surface area (Å²) in [5.41, 5.74) is 6.88. The molecule has 1 aromatic rings. The third-order valence-corrected chi connectivity index (χ3v) is 2.90. The van der Waals surface area contributed by atoms with Crippen molar-refractivity contribution in [2.45, 2.75) is 45.8 Å². The number of hydrogen-bond acceptors (Lipinski definition) is 2. The van der Waals surface area contributed by atoms with Crippen LogP contribution in [-0.4, -0.2) is 6.10 Å². The fourth-order valence-electron chi connectivity index (χ4n) is 1.62. The average molecular weight is 242 g/mol. The van der Waals surface area contributed by atoms with Gasteiger partial charge in [-0.2, -0.15) is 0 Å². The Balaban J connectivity index is 2.94. The summed E-state index contributed by atoms with van der Waals surface area (Å²) in [4.78, 5) is 0. The molecule has 90 valence electrons. The normalized spacial score (nSPS) is 12.9. The van der Waals surface area contributed by atoms with Crippen molar-refractivity contribution >= 4 is 11.6 Å². The van der Waals surface area contributed by atoms with Crippen molar-refractivity contribution in [1.29, 1.82) is 0 Å². The van der Waals surface area contributed by atoms with Gasteiger partial charge in [-0.25, -0.2) is 0 Å². The number of benzene rings is 1. The Morgan fingerprint density at radius 3 is 2.44 bits per heavy atom. The smallest absolute Gasteiger partial charge is 0.124 e. The van der Waals surface area contributed by atoms with E-state index in [1.807, 2.05) is 25.1 Å². The summed E-state index contributed by atoms with van der Waals surface area (Å²) in [7, 11) is 0. The summed E-state index contributed by atoms with van der Waals surface area (Å²) < 4.78 is 5.92. The minimum Gasteiger partial charge on any atom is -0.490 e. The summed E-state index contributed by atoms with van der Waals surface area (Å²) in [6.45, 7) is 6.18. The fraction of sp³-hybridized carbons (Fsp3) is 0.538. The first-order valence-corrected chi connectivity index (χ1v) is 6.17. The van der Waals surface area contributed by atoms with Crippen LogP contribution in [0.4, 0.5) is 0 Å². The highest BCUT2D eigenvalue weighted by molar-refractivity contribution is 6.30. The van der Waals surface area contributed by atoms with Gasteiger partial charge in [-0.15, -0.1) is 0 Å². The minimum atomic E-state index is -0.0666. The van der Waals surface area contributed by atoms with E-state index in [-0.39, 0.29) is 12.1 Å². The van der Waals surface area contributed by atoms with Crippen molar-refractivity contribution in [1.82, 2.24) is 0 Å². The van der Waals surface area contributed by atoms with Crippen LogP contribution in [0.25, 0.3) is 0 Å². The van der Waals surface area contributed by atoms with Gasteiger partial charge in [-0.1, -0.05) is 25.4 Å². The van der Waals surface area contributed by atoms with E-state index in [1.54, 1.807) is 0 Å². The first-order valence-electron chi connectivity index (χ1n) is 5.80. The van der Waals surface area contributed by atoms with Crippen LogP contribution in [0.2, 0.25) is 5.02 Å². The molecule has 0 aliphatic carbocycles. The van der Waals surface area contributed by atoms with Gasteiger partial charge in [0.05, 0.1) is 6.10 Å². The zero-order valence-electron chi connectivity index (χ0n) is 10.2. The van der Waals surface area contributed by atoms with Crippen molar-refractivity contribution in [2.75, 3.05) is 0 Å². The Morgan fingerprint density at radius 1 is 1.31 bits per heavy atom. The van der Waals surface area contributed by atoms with Gasteiger partial charge in [-0.05, 0) is 38.0 Å². The highest BCUT2D eigenvalue weighted by Crippen LogP contribution is 2.28. The van der Waals surface area contributed by atoms with Gasteiger partial charge in [0, 0.05) is 16.6 Å². The van der Waals surface area contributed by atoms with E-state index in [0.717, 1.165) is 24.2 Å². The quantitative estimate of drug-likeness (QED) is 0.848. The number of nitrogens with two attached hydrogens (primary N) is 1. The lowest BCUT2D eigenvalue weighted by Crippen LogP contribution is -2.16. The van der Waals surface area contributed by atoms with Gasteiger partial charge in [-0.3, -0.25) is 0 Å². The molecule has 0 unspecified atom stereocenters. The van der Waals surface area contributed by atoms with E-state index in [2.05, 4.69) is 13.8 Å². The third kappa shape index (κ3) is 3.39. The van der Waals surface area contributed by atoms with Crippen LogP contribution in [0.3, 0.4) is 0 Å². The van der Waals surface area contributed by atoms with Crippen LogP contribution in [0.15, 0.2) is 18.2 Å². The van der Waals surface area contributed by atoms with Crippen LogP contribution in [0, 0.1) is 0 Å². The largest absolute Gasteiger partial charge is 0.490 e. The van der Waals surface area contributed by atoms with Gasteiger partial charge in [0.15, 0.2) is 0 Å². The maximum absolute atomic E-state index is 5.95. The molecule has 0 aliphatic heterocycles. The Hall–Kier alpha value is -0.730. The summed E-state index contributed by atoms with van der Waals surface area (Å²) in [5, 5.41) is 0.698. The summed E-state index contributed by atoms with van der Waals surface area (Å²) in [6, 6.07) is 5.55. The predicted molar refractivity (Wildman–Crippen MR) is 69.1 cm³/mol. The van der Waals surface area contributed by atoms with Crippen molar-refractivity contribution in [3.8, 4) is 5.75 Å². The summed E-state index contributed by atoms with van der Waals surface area (Å²) >= 11 is 5.95. The van der Waals surface area contributed by atoms with Crippen LogP contribution in [0.5, 0.6) is 5.75 Å². The Bertz CT molecular complexity index is 335. The van der Waals surface area contributed by atoms with Crippen molar-refractivity contribution in [3.63, 3.8) is 0 Å².